The predicted octanol–water partition coefficient (Wildman–Crippen LogP) is 3.38. The molecule has 1 heterocycles. The van der Waals surface area contributed by atoms with Crippen LogP contribution in [0.25, 0.3) is 10.9 Å². The van der Waals surface area contributed by atoms with Crippen LogP contribution < -0.4 is 5.73 Å². The van der Waals surface area contributed by atoms with Crippen molar-refractivity contribution < 1.29 is 0 Å². The van der Waals surface area contributed by atoms with Crippen LogP contribution in [0, 0.1) is 0 Å². The number of benzene rings is 1. The number of hydrogen-bond acceptors (Lipinski definition) is 3. The van der Waals surface area contributed by atoms with Gasteiger partial charge in [0.15, 0.2) is 0 Å². The lowest BCUT2D eigenvalue weighted by Crippen LogP contribution is -2.15. The van der Waals surface area contributed by atoms with Gasteiger partial charge in [-0.3, -0.25) is 4.98 Å². The van der Waals surface area contributed by atoms with Crippen molar-refractivity contribution in [2.24, 2.45) is 5.73 Å². The molecule has 1 aromatic heterocycles. The van der Waals surface area contributed by atoms with Crippen LogP contribution in [0.5, 0.6) is 0 Å². The summed E-state index contributed by atoms with van der Waals surface area (Å²) in [6, 6.07) is 10.3. The fourth-order valence-corrected chi connectivity index (χ4v) is 2.58. The second-order valence-corrected chi connectivity index (χ2v) is 6.02. The zero-order valence-electron chi connectivity index (χ0n) is 10.3. The molecule has 2 nitrogen and oxygen atoms in total. The fraction of sp³-hybridized carbons (Fsp3) is 0.357. The number of thioether (sulfide) groups is 1. The Hall–Kier alpha value is -1.06. The highest BCUT2D eigenvalue weighted by atomic mass is 32.2. The molecule has 0 amide bonds. The zero-order chi connectivity index (χ0) is 12.3. The molecule has 0 aliphatic heterocycles. The third-order valence-electron chi connectivity index (χ3n) is 2.67. The molecule has 0 bridgehead atoms. The number of nitrogens with zero attached hydrogens (tertiary/aromatic N) is 1. The molecule has 1 atom stereocenters. The highest BCUT2D eigenvalue weighted by Crippen LogP contribution is 2.24. The van der Waals surface area contributed by atoms with Gasteiger partial charge >= 0.3 is 0 Å². The fourth-order valence-electron chi connectivity index (χ4n) is 1.81. The van der Waals surface area contributed by atoms with Crippen LogP contribution in [0.2, 0.25) is 0 Å². The summed E-state index contributed by atoms with van der Waals surface area (Å²) in [6.07, 6.45) is 1.83. The molecular formula is C14H18N2S. The zero-order valence-corrected chi connectivity index (χ0v) is 11.1. The van der Waals surface area contributed by atoms with Gasteiger partial charge in [0.2, 0.25) is 0 Å². The van der Waals surface area contributed by atoms with E-state index in [0.717, 1.165) is 22.2 Å². The van der Waals surface area contributed by atoms with E-state index in [1.54, 1.807) is 0 Å². The van der Waals surface area contributed by atoms with Crippen molar-refractivity contribution in [1.82, 2.24) is 4.98 Å². The SMILES string of the molecule is CC(C)SCC(N)c1cccc2cccnc12. The lowest BCUT2D eigenvalue weighted by molar-refractivity contribution is 0.834. The number of nitrogens with two attached hydrogens (primary N) is 1. The second kappa shape index (κ2) is 5.52. The summed E-state index contributed by atoms with van der Waals surface area (Å²) in [6.45, 7) is 4.39. The summed E-state index contributed by atoms with van der Waals surface area (Å²) in [5.41, 5.74) is 8.43. The van der Waals surface area contributed by atoms with Gasteiger partial charge in [0.1, 0.15) is 0 Å². The van der Waals surface area contributed by atoms with Gasteiger partial charge in [-0.05, 0) is 16.9 Å². The van der Waals surface area contributed by atoms with E-state index in [1.807, 2.05) is 24.0 Å². The maximum Gasteiger partial charge on any atom is 0.0749 e. The van der Waals surface area contributed by atoms with Crippen molar-refractivity contribution >= 4 is 22.7 Å². The molecule has 0 saturated carbocycles. The molecule has 3 heteroatoms. The molecule has 0 aliphatic carbocycles. The van der Waals surface area contributed by atoms with Crippen molar-refractivity contribution in [2.45, 2.75) is 25.1 Å². The molecule has 1 aromatic carbocycles. The topological polar surface area (TPSA) is 38.9 Å². The average molecular weight is 246 g/mol. The van der Waals surface area contributed by atoms with Gasteiger partial charge in [0.05, 0.1) is 5.52 Å². The maximum absolute atomic E-state index is 6.25. The third kappa shape index (κ3) is 2.99. The smallest absolute Gasteiger partial charge is 0.0749 e. The summed E-state index contributed by atoms with van der Waals surface area (Å²) in [4.78, 5) is 4.44. The predicted molar refractivity (Wildman–Crippen MR) is 76.3 cm³/mol. The number of rotatable bonds is 4. The summed E-state index contributed by atoms with van der Waals surface area (Å²) in [7, 11) is 0. The van der Waals surface area contributed by atoms with Crippen LogP contribution in [0.4, 0.5) is 0 Å². The van der Waals surface area contributed by atoms with Crippen molar-refractivity contribution in [3.8, 4) is 0 Å². The Labute approximate surface area is 107 Å². The maximum atomic E-state index is 6.25. The van der Waals surface area contributed by atoms with E-state index < -0.39 is 0 Å². The molecule has 90 valence electrons. The Morgan fingerprint density at radius 1 is 1.24 bits per heavy atom. The summed E-state index contributed by atoms with van der Waals surface area (Å²) in [5, 5.41) is 1.78. The van der Waals surface area contributed by atoms with Crippen molar-refractivity contribution in [1.29, 1.82) is 0 Å². The van der Waals surface area contributed by atoms with Gasteiger partial charge < -0.3 is 5.73 Å². The van der Waals surface area contributed by atoms with E-state index in [2.05, 4.69) is 43.1 Å². The Bertz CT molecular complexity index is 491. The molecule has 0 radical (unpaired) electrons. The van der Waals surface area contributed by atoms with E-state index in [0.29, 0.717) is 5.25 Å². The van der Waals surface area contributed by atoms with Crippen molar-refractivity contribution in [3.63, 3.8) is 0 Å². The number of fused-ring (bicyclic) bond motifs is 1. The number of pyridine rings is 1. The summed E-state index contributed by atoms with van der Waals surface area (Å²) < 4.78 is 0. The first-order chi connectivity index (χ1) is 8.18. The Morgan fingerprint density at radius 3 is 2.76 bits per heavy atom. The van der Waals surface area contributed by atoms with Gasteiger partial charge in [-0.25, -0.2) is 0 Å². The minimum Gasteiger partial charge on any atom is -0.323 e. The summed E-state index contributed by atoms with van der Waals surface area (Å²) >= 11 is 1.89. The molecule has 2 N–H and O–H groups in total. The highest BCUT2D eigenvalue weighted by Gasteiger charge is 2.11. The van der Waals surface area contributed by atoms with Crippen LogP contribution in [0.3, 0.4) is 0 Å². The first kappa shape index (κ1) is 12.4. The first-order valence-electron chi connectivity index (χ1n) is 5.89. The Morgan fingerprint density at radius 2 is 2.00 bits per heavy atom. The van der Waals surface area contributed by atoms with Crippen LogP contribution in [0.15, 0.2) is 36.5 Å². The van der Waals surface area contributed by atoms with E-state index >= 15 is 0 Å². The van der Waals surface area contributed by atoms with E-state index in [9.17, 15) is 0 Å². The largest absolute Gasteiger partial charge is 0.323 e. The number of hydrogen-bond donors (Lipinski definition) is 1. The highest BCUT2D eigenvalue weighted by molar-refractivity contribution is 7.99. The number of para-hydroxylation sites is 1. The van der Waals surface area contributed by atoms with Gasteiger partial charge in [-0.1, -0.05) is 38.1 Å². The monoisotopic (exact) mass is 246 g/mol. The normalized spacial score (nSPS) is 13.2. The molecule has 2 aromatic rings. The van der Waals surface area contributed by atoms with Crippen LogP contribution in [0.1, 0.15) is 25.5 Å². The van der Waals surface area contributed by atoms with E-state index in [-0.39, 0.29) is 6.04 Å². The lowest BCUT2D eigenvalue weighted by atomic mass is 10.0. The third-order valence-corrected chi connectivity index (χ3v) is 3.89. The van der Waals surface area contributed by atoms with Crippen molar-refractivity contribution in [3.05, 3.63) is 42.1 Å². The quantitative estimate of drug-likeness (QED) is 0.899. The van der Waals surface area contributed by atoms with Gasteiger partial charge in [-0.2, -0.15) is 11.8 Å². The minimum absolute atomic E-state index is 0.0565. The Kier molecular flexibility index (Phi) is 4.02. The van der Waals surface area contributed by atoms with Gasteiger partial charge in [0, 0.05) is 23.4 Å². The standard InChI is InChI=1S/C14H18N2S/c1-10(2)17-9-13(15)12-7-3-5-11-6-4-8-16-14(11)12/h3-8,10,13H,9,15H2,1-2H3. The molecule has 0 aliphatic rings. The number of aromatic nitrogens is 1. The van der Waals surface area contributed by atoms with E-state index in [4.69, 9.17) is 5.73 Å². The van der Waals surface area contributed by atoms with Crippen LogP contribution >= 0.6 is 11.8 Å². The van der Waals surface area contributed by atoms with Crippen molar-refractivity contribution in [2.75, 3.05) is 5.75 Å². The van der Waals surface area contributed by atoms with Crippen LogP contribution in [-0.4, -0.2) is 16.0 Å². The summed E-state index contributed by atoms with van der Waals surface area (Å²) in [5.74, 6) is 0.938. The van der Waals surface area contributed by atoms with Gasteiger partial charge in [-0.15, -0.1) is 0 Å². The molecular weight excluding hydrogens is 228 g/mol. The minimum atomic E-state index is 0.0565. The first-order valence-corrected chi connectivity index (χ1v) is 6.94. The van der Waals surface area contributed by atoms with Crippen LogP contribution in [-0.2, 0) is 0 Å². The van der Waals surface area contributed by atoms with Gasteiger partial charge in [0.25, 0.3) is 0 Å². The second-order valence-electron chi connectivity index (χ2n) is 4.41. The lowest BCUT2D eigenvalue weighted by Gasteiger charge is -2.15. The molecule has 0 spiro atoms. The van der Waals surface area contributed by atoms with E-state index in [1.165, 1.54) is 0 Å². The molecule has 0 saturated heterocycles. The molecule has 2 rings (SSSR count). The Balaban J connectivity index is 2.28. The average Bonchev–Trinajstić information content (AvgIpc) is 2.35. The molecule has 17 heavy (non-hydrogen) atoms. The molecule has 0 fully saturated rings. The molecule has 1 unspecified atom stereocenters.